The van der Waals surface area contributed by atoms with Crippen LogP contribution < -0.4 is 0 Å². The summed E-state index contributed by atoms with van der Waals surface area (Å²) >= 11 is 0. The molecular weight excluding hydrogens is 476 g/mol. The van der Waals surface area contributed by atoms with Crippen molar-refractivity contribution in [2.75, 3.05) is 7.11 Å². The van der Waals surface area contributed by atoms with Gasteiger partial charge in [-0.05, 0) is 105 Å². The standard InChI is InChI=1S/C33H50O5/c1-20(34)38-25-11-12-31(6)22-10-13-32(7)24-19-30(5,27(36)37-9)15-14-29(24,4)16-17-33(32,8)26(35)21(22)18-23(31)28(25,2)3/h23-25H,10-19H2,1-9H3/t23-,24+,25-,29+,30+,31+,32-,33+/m0/s1. The Balaban J connectivity index is 1.52. The number of methoxy groups -OCH3 is 1. The zero-order chi connectivity index (χ0) is 28.1. The lowest BCUT2D eigenvalue weighted by atomic mass is 9.39. The molecule has 0 heterocycles. The molecule has 8 atom stereocenters. The summed E-state index contributed by atoms with van der Waals surface area (Å²) < 4.78 is 11.1. The fourth-order valence-corrected chi connectivity index (χ4v) is 10.6. The molecule has 0 aromatic carbocycles. The van der Waals surface area contributed by atoms with E-state index in [0.717, 1.165) is 69.8 Å². The van der Waals surface area contributed by atoms with Crippen LogP contribution in [0.2, 0.25) is 0 Å². The van der Waals surface area contributed by atoms with Crippen LogP contribution in [-0.2, 0) is 23.9 Å². The third-order valence-electron chi connectivity index (χ3n) is 13.5. The van der Waals surface area contributed by atoms with Crippen LogP contribution in [0.15, 0.2) is 11.1 Å². The smallest absolute Gasteiger partial charge is 0.311 e. The number of carbonyl (C=O) groups is 3. The van der Waals surface area contributed by atoms with Crippen molar-refractivity contribution in [2.24, 2.45) is 44.3 Å². The first kappa shape index (κ1) is 27.9. The molecule has 0 N–H and O–H groups in total. The van der Waals surface area contributed by atoms with Gasteiger partial charge in [0.05, 0.1) is 12.5 Å². The molecule has 5 rings (SSSR count). The zero-order valence-corrected chi connectivity index (χ0v) is 25.3. The maximum atomic E-state index is 14.8. The molecular formula is C33H50O5. The van der Waals surface area contributed by atoms with Gasteiger partial charge in [0.25, 0.3) is 0 Å². The lowest BCUT2D eigenvalue weighted by molar-refractivity contribution is -0.181. The Labute approximate surface area is 229 Å². The molecule has 0 aromatic rings. The van der Waals surface area contributed by atoms with Crippen molar-refractivity contribution in [2.45, 2.75) is 126 Å². The van der Waals surface area contributed by atoms with Crippen LogP contribution in [0.4, 0.5) is 0 Å². The number of ketones is 1. The number of fused-ring (bicyclic) bond motifs is 5. The van der Waals surface area contributed by atoms with E-state index in [4.69, 9.17) is 9.47 Å². The van der Waals surface area contributed by atoms with Crippen LogP contribution in [-0.4, -0.2) is 30.9 Å². The summed E-state index contributed by atoms with van der Waals surface area (Å²) in [6.45, 7) is 17.5. The summed E-state index contributed by atoms with van der Waals surface area (Å²) in [5.74, 6) is 0.653. The molecule has 38 heavy (non-hydrogen) atoms. The molecule has 0 amide bonds. The van der Waals surface area contributed by atoms with E-state index in [-0.39, 0.29) is 39.7 Å². The summed E-state index contributed by atoms with van der Waals surface area (Å²) in [5.41, 5.74) is 1.31. The maximum absolute atomic E-state index is 14.8. The molecule has 0 spiro atoms. The Bertz CT molecular complexity index is 1100. The number of Topliss-reactive ketones (excluding diaryl/α,β-unsaturated/α-hetero) is 1. The Morgan fingerprint density at radius 2 is 1.53 bits per heavy atom. The highest BCUT2D eigenvalue weighted by Crippen LogP contribution is 2.72. The van der Waals surface area contributed by atoms with Gasteiger partial charge >= 0.3 is 11.9 Å². The van der Waals surface area contributed by atoms with Gasteiger partial charge in [0.1, 0.15) is 6.10 Å². The highest BCUT2D eigenvalue weighted by Gasteiger charge is 2.68. The summed E-state index contributed by atoms with van der Waals surface area (Å²) in [7, 11) is 1.51. The number of hydrogen-bond donors (Lipinski definition) is 0. The van der Waals surface area contributed by atoms with E-state index >= 15 is 0 Å². The molecule has 0 unspecified atom stereocenters. The molecule has 3 fully saturated rings. The topological polar surface area (TPSA) is 69.7 Å². The predicted octanol–water partition coefficient (Wildman–Crippen LogP) is 7.22. The Hall–Kier alpha value is -1.65. The Morgan fingerprint density at radius 1 is 0.868 bits per heavy atom. The van der Waals surface area contributed by atoms with Gasteiger partial charge in [0, 0.05) is 17.8 Å². The van der Waals surface area contributed by atoms with Gasteiger partial charge in [-0.1, -0.05) is 47.1 Å². The third kappa shape index (κ3) is 3.51. The zero-order valence-electron chi connectivity index (χ0n) is 25.3. The third-order valence-corrected chi connectivity index (χ3v) is 13.5. The molecule has 0 radical (unpaired) electrons. The average molecular weight is 527 g/mol. The number of hydrogen-bond acceptors (Lipinski definition) is 5. The van der Waals surface area contributed by atoms with Crippen molar-refractivity contribution in [3.8, 4) is 0 Å². The Morgan fingerprint density at radius 3 is 2.16 bits per heavy atom. The second-order valence-corrected chi connectivity index (χ2v) is 15.6. The highest BCUT2D eigenvalue weighted by molar-refractivity contribution is 6.02. The van der Waals surface area contributed by atoms with Crippen LogP contribution in [0.5, 0.6) is 0 Å². The second-order valence-electron chi connectivity index (χ2n) is 15.6. The SMILES string of the molecule is COC(=O)[C@]1(C)CC[C@]2(C)CC[C@]3(C)C(=O)C4=C(CC[C@@]3(C)[C@@H]2C1)[C@@]1(C)CC[C@H](OC(C)=O)C(C)(C)[C@@H]1C4. The van der Waals surface area contributed by atoms with Crippen LogP contribution in [0.1, 0.15) is 120 Å². The normalized spacial score (nSPS) is 47.7. The van der Waals surface area contributed by atoms with E-state index in [9.17, 15) is 14.4 Å². The van der Waals surface area contributed by atoms with Gasteiger partial charge in [-0.3, -0.25) is 14.4 Å². The van der Waals surface area contributed by atoms with Crippen molar-refractivity contribution in [3.05, 3.63) is 11.1 Å². The molecule has 0 bridgehead atoms. The minimum Gasteiger partial charge on any atom is -0.469 e. The van der Waals surface area contributed by atoms with E-state index in [1.807, 2.05) is 0 Å². The number of allylic oxidation sites excluding steroid dienone is 2. The van der Waals surface area contributed by atoms with Crippen LogP contribution in [0.25, 0.3) is 0 Å². The molecule has 0 aromatic heterocycles. The summed E-state index contributed by atoms with van der Waals surface area (Å²) in [6.07, 6.45) is 9.07. The lowest BCUT2D eigenvalue weighted by Gasteiger charge is -2.64. The van der Waals surface area contributed by atoms with Crippen molar-refractivity contribution in [1.82, 2.24) is 0 Å². The monoisotopic (exact) mass is 526 g/mol. The van der Waals surface area contributed by atoms with Gasteiger partial charge < -0.3 is 9.47 Å². The predicted molar refractivity (Wildman–Crippen MR) is 147 cm³/mol. The molecule has 5 aliphatic carbocycles. The minimum atomic E-state index is -0.484. The molecule has 0 aliphatic heterocycles. The number of ether oxygens (including phenoxy) is 2. The minimum absolute atomic E-state index is 0.0399. The fraction of sp³-hybridized carbons (Fsp3) is 0.848. The summed E-state index contributed by atoms with van der Waals surface area (Å²) in [5, 5.41) is 0. The summed E-state index contributed by atoms with van der Waals surface area (Å²) in [4.78, 5) is 39.7. The van der Waals surface area contributed by atoms with Crippen LogP contribution >= 0.6 is 0 Å². The molecule has 5 nitrogen and oxygen atoms in total. The van der Waals surface area contributed by atoms with Gasteiger partial charge in [-0.25, -0.2) is 0 Å². The van der Waals surface area contributed by atoms with Gasteiger partial charge in [0.2, 0.25) is 0 Å². The highest BCUT2D eigenvalue weighted by atomic mass is 16.5. The van der Waals surface area contributed by atoms with Crippen molar-refractivity contribution < 1.29 is 23.9 Å². The van der Waals surface area contributed by atoms with Crippen LogP contribution in [0.3, 0.4) is 0 Å². The number of carbonyl (C=O) groups excluding carboxylic acids is 3. The largest absolute Gasteiger partial charge is 0.469 e. The maximum Gasteiger partial charge on any atom is 0.311 e. The van der Waals surface area contributed by atoms with Gasteiger partial charge in [0.15, 0.2) is 5.78 Å². The number of rotatable bonds is 2. The Kier molecular flexibility index (Phi) is 6.19. The van der Waals surface area contributed by atoms with E-state index < -0.39 is 10.8 Å². The summed E-state index contributed by atoms with van der Waals surface area (Å²) in [6, 6.07) is 0. The average Bonchev–Trinajstić information content (AvgIpc) is 3.12. The van der Waals surface area contributed by atoms with Gasteiger partial charge in [-0.2, -0.15) is 0 Å². The second kappa shape index (κ2) is 8.43. The first-order valence-corrected chi connectivity index (χ1v) is 15.0. The molecule has 0 saturated heterocycles. The van der Waals surface area contributed by atoms with E-state index in [1.54, 1.807) is 0 Å². The van der Waals surface area contributed by atoms with E-state index in [1.165, 1.54) is 19.6 Å². The van der Waals surface area contributed by atoms with Crippen molar-refractivity contribution >= 4 is 17.7 Å². The fourth-order valence-electron chi connectivity index (χ4n) is 10.6. The first-order valence-electron chi connectivity index (χ1n) is 15.0. The first-order chi connectivity index (χ1) is 17.5. The lowest BCUT2D eigenvalue weighted by Crippen LogP contribution is -2.60. The van der Waals surface area contributed by atoms with E-state index in [2.05, 4.69) is 48.5 Å². The molecule has 212 valence electrons. The molecule has 5 aliphatic rings. The van der Waals surface area contributed by atoms with Crippen LogP contribution in [0, 0.1) is 44.3 Å². The molecule has 5 heteroatoms. The van der Waals surface area contributed by atoms with Crippen molar-refractivity contribution in [1.29, 1.82) is 0 Å². The van der Waals surface area contributed by atoms with E-state index in [0.29, 0.717) is 17.6 Å². The quantitative estimate of drug-likeness (QED) is 0.355. The molecule has 3 saturated carbocycles. The number of esters is 2. The van der Waals surface area contributed by atoms with Crippen molar-refractivity contribution in [3.63, 3.8) is 0 Å². The van der Waals surface area contributed by atoms with Gasteiger partial charge in [-0.15, -0.1) is 0 Å².